The van der Waals surface area contributed by atoms with Crippen LogP contribution < -0.4 is 10.2 Å². The van der Waals surface area contributed by atoms with Gasteiger partial charge in [0.25, 0.3) is 5.91 Å². The van der Waals surface area contributed by atoms with E-state index in [-0.39, 0.29) is 23.9 Å². The fourth-order valence-corrected chi connectivity index (χ4v) is 7.59. The molecule has 0 bridgehead atoms. The maximum atomic E-state index is 15.3. The molecule has 4 aromatic rings. The van der Waals surface area contributed by atoms with Gasteiger partial charge in [-0.2, -0.15) is 10.4 Å². The molecule has 1 aliphatic carbocycles. The topological polar surface area (TPSA) is 114 Å². The van der Waals surface area contributed by atoms with E-state index in [1.165, 1.54) is 25.3 Å². The summed E-state index contributed by atoms with van der Waals surface area (Å²) in [5.74, 6) is -0.476. The smallest absolute Gasteiger partial charge is 0.254 e. The summed E-state index contributed by atoms with van der Waals surface area (Å²) in [7, 11) is -1.17. The lowest BCUT2D eigenvalue weighted by atomic mass is 9.84. The lowest BCUT2D eigenvalue weighted by Gasteiger charge is -2.50. The van der Waals surface area contributed by atoms with Gasteiger partial charge in [-0.3, -0.25) is 9.48 Å². The molecule has 1 saturated heterocycles. The van der Waals surface area contributed by atoms with Gasteiger partial charge in [0.1, 0.15) is 30.1 Å². The van der Waals surface area contributed by atoms with Crippen molar-refractivity contribution >= 4 is 30.7 Å². The van der Waals surface area contributed by atoms with Gasteiger partial charge in [0, 0.05) is 62.8 Å². The predicted molar refractivity (Wildman–Crippen MR) is 183 cm³/mol. The summed E-state index contributed by atoms with van der Waals surface area (Å²) >= 11 is 0. The number of anilines is 1. The molecular weight excluding hydrogens is 612 g/mol. The highest BCUT2D eigenvalue weighted by atomic mass is 28.3. The van der Waals surface area contributed by atoms with Gasteiger partial charge in [0.05, 0.1) is 29.9 Å². The zero-order chi connectivity index (χ0) is 33.2. The molecule has 2 aliphatic rings. The summed E-state index contributed by atoms with van der Waals surface area (Å²) in [5.41, 5.74) is 2.54. The molecule has 6 rings (SSSR count). The van der Waals surface area contributed by atoms with Crippen molar-refractivity contribution in [1.82, 2.24) is 29.6 Å². The molecule has 10 nitrogen and oxygen atoms in total. The van der Waals surface area contributed by atoms with Crippen LogP contribution in [0.25, 0.3) is 22.3 Å². The first-order chi connectivity index (χ1) is 22.6. The first kappa shape index (κ1) is 32.8. The van der Waals surface area contributed by atoms with Crippen LogP contribution in [-0.2, 0) is 17.0 Å². The number of rotatable bonds is 12. The number of nitrogens with zero attached hydrogens (tertiary/aromatic N) is 7. The van der Waals surface area contributed by atoms with Gasteiger partial charge in [-0.15, -0.1) is 0 Å². The van der Waals surface area contributed by atoms with E-state index in [0.29, 0.717) is 31.4 Å². The first-order valence-electron chi connectivity index (χ1n) is 16.7. The molecule has 2 fully saturated rings. The summed E-state index contributed by atoms with van der Waals surface area (Å²) in [6.07, 6.45) is 13.3. The number of hydrogen-bond donors (Lipinski definition) is 1. The third-order valence-electron chi connectivity index (χ3n) is 9.78. The maximum absolute atomic E-state index is 15.3. The van der Waals surface area contributed by atoms with Crippen LogP contribution in [-0.4, -0.2) is 64.0 Å². The van der Waals surface area contributed by atoms with Crippen LogP contribution in [0.3, 0.4) is 0 Å². The van der Waals surface area contributed by atoms with Crippen LogP contribution in [0.5, 0.6) is 0 Å². The van der Waals surface area contributed by atoms with Gasteiger partial charge >= 0.3 is 0 Å². The number of carbonyl (C=O) groups excluding carboxylic acids is 1. The largest absolute Gasteiger partial charge is 0.366 e. The van der Waals surface area contributed by atoms with Crippen LogP contribution in [0.2, 0.25) is 25.7 Å². The molecule has 12 heteroatoms. The summed E-state index contributed by atoms with van der Waals surface area (Å²) in [6, 6.07) is 10.2. The SMILES string of the molecule is CC(NC(=O)c1ccc(N2CC(CC#N)(n3cc(-c4ncnc5c4ccn5COCC[Si](C)(C)C)cn3)C2)cc1F)C1CCCCC1. The van der Waals surface area contributed by atoms with Crippen molar-refractivity contribution in [3.05, 3.63) is 60.6 Å². The highest BCUT2D eigenvalue weighted by Gasteiger charge is 2.46. The Bertz CT molecular complexity index is 1760. The van der Waals surface area contributed by atoms with Crippen LogP contribution >= 0.6 is 0 Å². The molecule has 47 heavy (non-hydrogen) atoms. The van der Waals surface area contributed by atoms with Crippen molar-refractivity contribution in [3.63, 3.8) is 0 Å². The lowest BCUT2D eigenvalue weighted by Crippen LogP contribution is -2.63. The standard InChI is InChI=1S/C35H45FN8O2Si/c1-25(26-8-6-5-7-9-26)41-34(45)29-11-10-28(18-31(29)36)43-21-35(22-43,13-14-37)44-20-27(19-40-44)32-30-12-15-42(33(30)39-23-38-32)24-46-16-17-47(2,3)4/h10-12,15,18-20,23,25-26H,5-9,13,16-17,21-22,24H2,1-4H3,(H,41,45). The van der Waals surface area contributed by atoms with Crippen molar-refractivity contribution < 1.29 is 13.9 Å². The molecule has 248 valence electrons. The quantitative estimate of drug-likeness (QED) is 0.135. The number of fused-ring (bicyclic) bond motifs is 1. The fraction of sp³-hybridized carbons (Fsp3) is 0.514. The lowest BCUT2D eigenvalue weighted by molar-refractivity contribution is 0.0898. The molecule has 1 saturated carbocycles. The highest BCUT2D eigenvalue weighted by Crippen LogP contribution is 2.38. The summed E-state index contributed by atoms with van der Waals surface area (Å²) < 4.78 is 25.0. The van der Waals surface area contributed by atoms with Crippen molar-refractivity contribution in [2.45, 2.75) is 89.4 Å². The van der Waals surface area contributed by atoms with Crippen molar-refractivity contribution in [2.24, 2.45) is 5.92 Å². The van der Waals surface area contributed by atoms with E-state index in [1.54, 1.807) is 24.7 Å². The van der Waals surface area contributed by atoms with Crippen molar-refractivity contribution in [3.8, 4) is 17.3 Å². The summed E-state index contributed by atoms with van der Waals surface area (Å²) in [4.78, 5) is 24.0. The second-order valence-electron chi connectivity index (χ2n) is 14.5. The number of nitriles is 1. The van der Waals surface area contributed by atoms with Gasteiger partial charge in [-0.1, -0.05) is 38.9 Å². The Hall–Kier alpha value is -4.08. The van der Waals surface area contributed by atoms with Gasteiger partial charge in [0.2, 0.25) is 0 Å². The number of halogens is 1. The Kier molecular flexibility index (Phi) is 9.48. The minimum absolute atomic E-state index is 0.0137. The first-order valence-corrected chi connectivity index (χ1v) is 20.4. The Morgan fingerprint density at radius 1 is 1.19 bits per heavy atom. The molecule has 1 unspecified atom stereocenters. The van der Waals surface area contributed by atoms with E-state index >= 15 is 4.39 Å². The predicted octanol–water partition coefficient (Wildman–Crippen LogP) is 6.57. The zero-order valence-electron chi connectivity index (χ0n) is 27.9. The van der Waals surface area contributed by atoms with Crippen LogP contribution in [0.4, 0.5) is 10.1 Å². The van der Waals surface area contributed by atoms with E-state index in [1.807, 2.05) is 39.5 Å². The molecule has 1 aromatic carbocycles. The maximum Gasteiger partial charge on any atom is 0.254 e. The number of amides is 1. The molecule has 1 N–H and O–H groups in total. The zero-order valence-corrected chi connectivity index (χ0v) is 28.9. The van der Waals surface area contributed by atoms with Crippen LogP contribution in [0.1, 0.15) is 55.8 Å². The number of hydrogen-bond acceptors (Lipinski definition) is 7. The monoisotopic (exact) mass is 656 g/mol. The summed E-state index contributed by atoms with van der Waals surface area (Å²) in [5, 5.41) is 18.3. The minimum atomic E-state index is -1.17. The third-order valence-corrected chi connectivity index (χ3v) is 11.5. The molecule has 3 aromatic heterocycles. The van der Waals surface area contributed by atoms with Crippen molar-refractivity contribution in [1.29, 1.82) is 5.26 Å². The van der Waals surface area contributed by atoms with Crippen molar-refractivity contribution in [2.75, 3.05) is 24.6 Å². The van der Waals surface area contributed by atoms with E-state index in [4.69, 9.17) is 4.74 Å². The molecular formula is C35H45FN8O2Si. The van der Waals surface area contributed by atoms with Gasteiger partial charge in [-0.05, 0) is 56.0 Å². The number of nitrogens with one attached hydrogen (secondary N) is 1. The number of benzene rings is 1. The van der Waals surface area contributed by atoms with Crippen LogP contribution in [0.15, 0.2) is 49.2 Å². The van der Waals surface area contributed by atoms with E-state index < -0.39 is 19.4 Å². The van der Waals surface area contributed by atoms with Gasteiger partial charge in [0.15, 0.2) is 0 Å². The second-order valence-corrected chi connectivity index (χ2v) is 20.1. The molecule has 0 spiro atoms. The van der Waals surface area contributed by atoms with E-state index in [0.717, 1.165) is 47.8 Å². The van der Waals surface area contributed by atoms with E-state index in [9.17, 15) is 10.1 Å². The molecule has 1 atom stereocenters. The number of ether oxygens (including phenoxy) is 1. The second kappa shape index (κ2) is 13.6. The average Bonchev–Trinajstić information content (AvgIpc) is 3.69. The highest BCUT2D eigenvalue weighted by molar-refractivity contribution is 6.76. The Balaban J connectivity index is 1.13. The normalized spacial score (nSPS) is 17.3. The third kappa shape index (κ3) is 7.11. The molecule has 0 radical (unpaired) electrons. The van der Waals surface area contributed by atoms with Gasteiger partial charge < -0.3 is 19.5 Å². The molecule has 4 heterocycles. The molecule has 1 amide bonds. The Labute approximate surface area is 277 Å². The van der Waals surface area contributed by atoms with E-state index in [2.05, 4.69) is 46.1 Å². The fourth-order valence-electron chi connectivity index (χ4n) is 6.84. The summed E-state index contributed by atoms with van der Waals surface area (Å²) in [6.45, 7) is 11.1. The minimum Gasteiger partial charge on any atom is -0.366 e. The number of carbonyl (C=O) groups is 1. The number of aromatic nitrogens is 5. The Morgan fingerprint density at radius 3 is 2.70 bits per heavy atom. The average molecular weight is 657 g/mol. The Morgan fingerprint density at radius 2 is 1.98 bits per heavy atom. The molecule has 1 aliphatic heterocycles. The van der Waals surface area contributed by atoms with Gasteiger partial charge in [-0.25, -0.2) is 14.4 Å². The van der Waals surface area contributed by atoms with Crippen LogP contribution in [0, 0.1) is 23.1 Å².